The monoisotopic (exact) mass is 323 g/mol. The van der Waals surface area contributed by atoms with Crippen molar-refractivity contribution >= 4 is 0 Å². The predicted octanol–water partition coefficient (Wildman–Crippen LogP) is 3.00. The Kier molecular flexibility index (Phi) is 4.96. The minimum absolute atomic E-state index is 0.252. The maximum absolute atomic E-state index is 6.60. The summed E-state index contributed by atoms with van der Waals surface area (Å²) >= 11 is 0. The fourth-order valence-corrected chi connectivity index (χ4v) is 5.22. The molecule has 0 aromatic rings. The lowest BCUT2D eigenvalue weighted by Gasteiger charge is -2.39. The van der Waals surface area contributed by atoms with Crippen LogP contribution in [-0.4, -0.2) is 62.7 Å². The quantitative estimate of drug-likeness (QED) is 0.782. The highest BCUT2D eigenvalue weighted by Gasteiger charge is 2.42. The molecule has 0 N–H and O–H groups in total. The molecule has 1 saturated carbocycles. The van der Waals surface area contributed by atoms with E-state index in [9.17, 15) is 0 Å². The smallest absolute Gasteiger partial charge is 0.0710 e. The Balaban J connectivity index is 1.34. The molecule has 4 aliphatic rings. The summed E-state index contributed by atoms with van der Waals surface area (Å²) < 4.78 is 18.1. The van der Waals surface area contributed by atoms with Gasteiger partial charge in [-0.15, -0.1) is 0 Å². The summed E-state index contributed by atoms with van der Waals surface area (Å²) in [5, 5.41) is 0. The van der Waals surface area contributed by atoms with Crippen molar-refractivity contribution in [1.82, 2.24) is 4.90 Å². The Morgan fingerprint density at radius 1 is 0.870 bits per heavy atom. The summed E-state index contributed by atoms with van der Waals surface area (Å²) in [6.07, 6.45) is 12.0. The van der Waals surface area contributed by atoms with Crippen molar-refractivity contribution in [2.24, 2.45) is 5.41 Å². The Labute approximate surface area is 140 Å². The summed E-state index contributed by atoms with van der Waals surface area (Å²) in [7, 11) is 0. The number of hydrogen-bond acceptors (Lipinski definition) is 4. The lowest BCUT2D eigenvalue weighted by atomic mass is 9.80. The first-order valence-electron chi connectivity index (χ1n) is 9.83. The fourth-order valence-electron chi connectivity index (χ4n) is 5.22. The van der Waals surface area contributed by atoms with Crippen molar-refractivity contribution in [2.75, 3.05) is 46.1 Å². The third kappa shape index (κ3) is 3.76. The van der Waals surface area contributed by atoms with E-state index in [4.69, 9.17) is 14.2 Å². The van der Waals surface area contributed by atoms with Crippen LogP contribution in [0.4, 0.5) is 0 Å². The average Bonchev–Trinajstić information content (AvgIpc) is 2.84. The van der Waals surface area contributed by atoms with E-state index >= 15 is 0 Å². The van der Waals surface area contributed by atoms with Gasteiger partial charge in [0.25, 0.3) is 0 Å². The summed E-state index contributed by atoms with van der Waals surface area (Å²) in [4.78, 5) is 2.63. The molecule has 4 rings (SSSR count). The van der Waals surface area contributed by atoms with Crippen LogP contribution in [0.1, 0.15) is 57.8 Å². The zero-order chi connectivity index (χ0) is 15.6. The summed E-state index contributed by atoms with van der Waals surface area (Å²) in [6, 6.07) is 0. The molecule has 0 bridgehead atoms. The third-order valence-electron chi connectivity index (χ3n) is 6.64. The predicted molar refractivity (Wildman–Crippen MR) is 89.7 cm³/mol. The van der Waals surface area contributed by atoms with Gasteiger partial charge in [-0.1, -0.05) is 19.3 Å². The van der Waals surface area contributed by atoms with Crippen LogP contribution in [0, 0.1) is 5.41 Å². The molecule has 0 aromatic heterocycles. The molecule has 0 amide bonds. The Morgan fingerprint density at radius 2 is 1.70 bits per heavy atom. The maximum Gasteiger partial charge on any atom is 0.0710 e. The highest BCUT2D eigenvalue weighted by molar-refractivity contribution is 4.93. The van der Waals surface area contributed by atoms with Crippen molar-refractivity contribution in [3.05, 3.63) is 0 Å². The van der Waals surface area contributed by atoms with E-state index in [1.54, 1.807) is 0 Å². The van der Waals surface area contributed by atoms with Crippen LogP contribution in [0.2, 0.25) is 0 Å². The standard InChI is InChI=1S/C19H33NO3/c1-2-5-19(6-3-1)7-4-17(23-19)14-20-10-13-22-16-18(15-20)8-11-21-12-9-18/h17H,1-16H2/t17-/m1/s1. The molecule has 0 unspecified atom stereocenters. The van der Waals surface area contributed by atoms with E-state index in [-0.39, 0.29) is 5.60 Å². The van der Waals surface area contributed by atoms with Crippen LogP contribution in [-0.2, 0) is 14.2 Å². The fraction of sp³-hybridized carbons (Fsp3) is 1.00. The van der Waals surface area contributed by atoms with Crippen LogP contribution in [0.15, 0.2) is 0 Å². The number of ether oxygens (including phenoxy) is 3. The van der Waals surface area contributed by atoms with Gasteiger partial charge in [0.15, 0.2) is 0 Å². The number of nitrogens with zero attached hydrogens (tertiary/aromatic N) is 1. The van der Waals surface area contributed by atoms with Crippen molar-refractivity contribution in [3.8, 4) is 0 Å². The molecule has 3 heterocycles. The molecule has 3 aliphatic heterocycles. The van der Waals surface area contributed by atoms with Crippen molar-refractivity contribution in [1.29, 1.82) is 0 Å². The molecule has 3 saturated heterocycles. The van der Waals surface area contributed by atoms with E-state index in [2.05, 4.69) is 4.90 Å². The van der Waals surface area contributed by atoms with Crippen molar-refractivity contribution in [2.45, 2.75) is 69.5 Å². The van der Waals surface area contributed by atoms with E-state index in [0.717, 1.165) is 52.4 Å². The molecule has 0 aromatic carbocycles. The van der Waals surface area contributed by atoms with Crippen LogP contribution < -0.4 is 0 Å². The van der Waals surface area contributed by atoms with Gasteiger partial charge in [0, 0.05) is 38.3 Å². The van der Waals surface area contributed by atoms with Crippen molar-refractivity contribution in [3.63, 3.8) is 0 Å². The molecule has 0 radical (unpaired) electrons. The first-order chi connectivity index (χ1) is 11.3. The minimum Gasteiger partial charge on any atom is -0.381 e. The molecule has 23 heavy (non-hydrogen) atoms. The van der Waals surface area contributed by atoms with Gasteiger partial charge in [-0.05, 0) is 38.5 Å². The zero-order valence-electron chi connectivity index (χ0n) is 14.6. The highest BCUT2D eigenvalue weighted by Crippen LogP contribution is 2.42. The van der Waals surface area contributed by atoms with Gasteiger partial charge in [-0.2, -0.15) is 0 Å². The van der Waals surface area contributed by atoms with Gasteiger partial charge in [-0.3, -0.25) is 4.90 Å². The molecule has 2 spiro atoms. The molecule has 132 valence electrons. The van der Waals surface area contributed by atoms with Crippen LogP contribution in [0.5, 0.6) is 0 Å². The van der Waals surface area contributed by atoms with Crippen LogP contribution in [0.25, 0.3) is 0 Å². The first kappa shape index (κ1) is 16.3. The van der Waals surface area contributed by atoms with E-state index in [0.29, 0.717) is 11.5 Å². The normalized spacial score (nSPS) is 34.7. The van der Waals surface area contributed by atoms with Gasteiger partial charge < -0.3 is 14.2 Å². The second-order valence-electron chi connectivity index (χ2n) is 8.42. The highest BCUT2D eigenvalue weighted by atomic mass is 16.5. The second kappa shape index (κ2) is 6.99. The minimum atomic E-state index is 0.252. The summed E-state index contributed by atoms with van der Waals surface area (Å²) in [5.74, 6) is 0. The lowest BCUT2D eigenvalue weighted by Crippen LogP contribution is -2.45. The third-order valence-corrected chi connectivity index (χ3v) is 6.64. The van der Waals surface area contributed by atoms with Crippen molar-refractivity contribution < 1.29 is 14.2 Å². The zero-order valence-corrected chi connectivity index (χ0v) is 14.6. The molecule has 4 nitrogen and oxygen atoms in total. The maximum atomic E-state index is 6.60. The number of hydrogen-bond donors (Lipinski definition) is 0. The van der Waals surface area contributed by atoms with Gasteiger partial charge in [-0.25, -0.2) is 0 Å². The second-order valence-corrected chi connectivity index (χ2v) is 8.42. The topological polar surface area (TPSA) is 30.9 Å². The van der Waals surface area contributed by atoms with E-state index in [1.165, 1.54) is 51.5 Å². The van der Waals surface area contributed by atoms with E-state index in [1.807, 2.05) is 0 Å². The summed E-state index contributed by atoms with van der Waals surface area (Å²) in [5.41, 5.74) is 0.581. The average molecular weight is 323 g/mol. The Hall–Kier alpha value is -0.160. The van der Waals surface area contributed by atoms with Gasteiger partial charge in [0.1, 0.15) is 0 Å². The van der Waals surface area contributed by atoms with Crippen LogP contribution in [0.3, 0.4) is 0 Å². The van der Waals surface area contributed by atoms with Gasteiger partial charge in [0.2, 0.25) is 0 Å². The molecule has 1 aliphatic carbocycles. The van der Waals surface area contributed by atoms with Gasteiger partial charge >= 0.3 is 0 Å². The molecule has 1 atom stereocenters. The largest absolute Gasteiger partial charge is 0.381 e. The molecular weight excluding hydrogens is 290 g/mol. The Bertz CT molecular complexity index is 388. The SMILES string of the molecule is C1CCC2(CC1)CC[C@H](CN1CCOCC3(CCOCC3)C1)O2. The summed E-state index contributed by atoms with van der Waals surface area (Å²) in [6.45, 7) is 6.94. The molecule has 4 heteroatoms. The lowest BCUT2D eigenvalue weighted by molar-refractivity contribution is -0.0760. The first-order valence-corrected chi connectivity index (χ1v) is 9.83. The van der Waals surface area contributed by atoms with Gasteiger partial charge in [0.05, 0.1) is 24.9 Å². The molecule has 4 fully saturated rings. The number of rotatable bonds is 2. The van der Waals surface area contributed by atoms with E-state index < -0.39 is 0 Å². The Morgan fingerprint density at radius 3 is 2.52 bits per heavy atom. The van der Waals surface area contributed by atoms with Crippen LogP contribution >= 0.6 is 0 Å². The molecular formula is C19H33NO3.